The molecule has 1 aromatic carbocycles. The van der Waals surface area contributed by atoms with Crippen molar-refractivity contribution in [1.29, 1.82) is 0 Å². The van der Waals surface area contributed by atoms with Gasteiger partial charge in [-0.25, -0.2) is 0 Å². The van der Waals surface area contributed by atoms with Crippen LogP contribution in [0.5, 0.6) is 0 Å². The number of benzene rings is 1. The molecule has 0 saturated heterocycles. The first-order chi connectivity index (χ1) is 9.99. The molecule has 7 nitrogen and oxygen atoms in total. The molecule has 0 aliphatic carbocycles. The Morgan fingerprint density at radius 2 is 2.19 bits per heavy atom. The molecule has 0 unspecified atom stereocenters. The number of nitrogens with zero attached hydrogens (tertiary/aromatic N) is 3. The third-order valence-corrected chi connectivity index (χ3v) is 3.21. The maximum Gasteiger partial charge on any atom is 0.390 e. The van der Waals surface area contributed by atoms with Crippen molar-refractivity contribution in [2.45, 2.75) is 13.5 Å². The lowest BCUT2D eigenvalue weighted by Crippen LogP contribution is -2.28. The number of hydrogen-bond acceptors (Lipinski definition) is 4. The highest BCUT2D eigenvalue weighted by atomic mass is 35.5. The van der Waals surface area contributed by atoms with Crippen LogP contribution in [0.15, 0.2) is 30.3 Å². The van der Waals surface area contributed by atoms with E-state index in [2.05, 4.69) is 10.4 Å². The Bertz CT molecular complexity index is 684. The van der Waals surface area contributed by atoms with Crippen LogP contribution in [0, 0.1) is 17.0 Å². The fourth-order valence-corrected chi connectivity index (χ4v) is 2.05. The number of aromatic nitrogens is 2. The van der Waals surface area contributed by atoms with Crippen molar-refractivity contribution >= 4 is 23.3 Å². The van der Waals surface area contributed by atoms with E-state index in [0.717, 1.165) is 0 Å². The molecule has 1 aromatic heterocycles. The quantitative estimate of drug-likeness (QED) is 0.677. The fourth-order valence-electron chi connectivity index (χ4n) is 1.82. The first-order valence-corrected chi connectivity index (χ1v) is 6.58. The summed E-state index contributed by atoms with van der Waals surface area (Å²) < 4.78 is 1.48. The van der Waals surface area contributed by atoms with Crippen molar-refractivity contribution in [3.63, 3.8) is 0 Å². The topological polar surface area (TPSA) is 90.1 Å². The summed E-state index contributed by atoms with van der Waals surface area (Å²) in [5.74, 6) is -0.496. The van der Waals surface area contributed by atoms with Gasteiger partial charge >= 0.3 is 5.82 Å². The zero-order valence-electron chi connectivity index (χ0n) is 11.2. The summed E-state index contributed by atoms with van der Waals surface area (Å²) in [6, 6.07) is 8.11. The molecular formula is C13H13ClN4O3. The van der Waals surface area contributed by atoms with Gasteiger partial charge in [0, 0.05) is 6.54 Å². The number of hydrogen-bond donors (Lipinski definition) is 1. The zero-order chi connectivity index (χ0) is 15.4. The smallest absolute Gasteiger partial charge is 0.358 e. The van der Waals surface area contributed by atoms with E-state index in [1.807, 2.05) is 0 Å². The number of carbonyl (C=O) groups is 1. The van der Waals surface area contributed by atoms with Gasteiger partial charge in [-0.05, 0) is 24.0 Å². The molecule has 1 N–H and O–H groups in total. The van der Waals surface area contributed by atoms with E-state index in [1.54, 1.807) is 31.2 Å². The standard InChI is InChI=1S/C13H13ClN4O3/c1-9-8-12(18(20)21)16-17(9)7-6-15-13(19)10-4-2-3-5-11(10)14/h2-5,8H,6-7H2,1H3,(H,15,19). The minimum Gasteiger partial charge on any atom is -0.358 e. The summed E-state index contributed by atoms with van der Waals surface area (Å²) in [6.45, 7) is 2.36. The molecule has 0 atom stereocenters. The summed E-state index contributed by atoms with van der Waals surface area (Å²) in [7, 11) is 0. The third kappa shape index (κ3) is 3.57. The zero-order valence-corrected chi connectivity index (χ0v) is 12.0. The monoisotopic (exact) mass is 308 g/mol. The molecule has 0 bridgehead atoms. The van der Waals surface area contributed by atoms with Crippen LogP contribution in [0.2, 0.25) is 5.02 Å². The van der Waals surface area contributed by atoms with Gasteiger partial charge in [0.15, 0.2) is 0 Å². The molecule has 0 fully saturated rings. The van der Waals surface area contributed by atoms with Crippen LogP contribution in [-0.2, 0) is 6.54 Å². The second-order valence-corrected chi connectivity index (χ2v) is 4.77. The van der Waals surface area contributed by atoms with Gasteiger partial charge in [-0.2, -0.15) is 4.68 Å². The molecule has 2 aromatic rings. The van der Waals surface area contributed by atoms with E-state index in [1.165, 1.54) is 10.7 Å². The number of nitrogens with one attached hydrogen (secondary N) is 1. The lowest BCUT2D eigenvalue weighted by Gasteiger charge is -2.06. The van der Waals surface area contributed by atoms with E-state index in [-0.39, 0.29) is 11.7 Å². The fraction of sp³-hybridized carbons (Fsp3) is 0.231. The molecule has 0 radical (unpaired) electrons. The molecule has 0 saturated carbocycles. The predicted molar refractivity (Wildman–Crippen MR) is 77.4 cm³/mol. The second kappa shape index (κ2) is 6.36. The van der Waals surface area contributed by atoms with Gasteiger partial charge in [0.1, 0.15) is 0 Å². The van der Waals surface area contributed by atoms with Crippen LogP contribution < -0.4 is 5.32 Å². The number of rotatable bonds is 5. The summed E-state index contributed by atoms with van der Waals surface area (Å²) in [5.41, 5.74) is 1.05. The molecule has 8 heteroatoms. The van der Waals surface area contributed by atoms with Crippen LogP contribution in [0.25, 0.3) is 0 Å². The van der Waals surface area contributed by atoms with Gasteiger partial charge < -0.3 is 15.4 Å². The largest absolute Gasteiger partial charge is 0.390 e. The van der Waals surface area contributed by atoms with E-state index in [0.29, 0.717) is 29.4 Å². The lowest BCUT2D eigenvalue weighted by atomic mass is 10.2. The SMILES string of the molecule is Cc1cc([N+](=O)[O-])nn1CCNC(=O)c1ccccc1Cl. The molecule has 0 spiro atoms. The molecular weight excluding hydrogens is 296 g/mol. The first-order valence-electron chi connectivity index (χ1n) is 6.20. The maximum atomic E-state index is 11.9. The van der Waals surface area contributed by atoms with Crippen molar-refractivity contribution in [3.05, 3.63) is 56.7 Å². The molecule has 110 valence electrons. The van der Waals surface area contributed by atoms with Gasteiger partial charge in [0.05, 0.1) is 34.0 Å². The van der Waals surface area contributed by atoms with E-state index < -0.39 is 4.92 Å². The normalized spacial score (nSPS) is 10.4. The van der Waals surface area contributed by atoms with E-state index >= 15 is 0 Å². The Morgan fingerprint density at radius 1 is 1.48 bits per heavy atom. The average molecular weight is 309 g/mol. The number of halogens is 1. The van der Waals surface area contributed by atoms with Crippen molar-refractivity contribution in [1.82, 2.24) is 15.1 Å². The molecule has 1 amide bonds. The van der Waals surface area contributed by atoms with E-state index in [9.17, 15) is 14.9 Å². The highest BCUT2D eigenvalue weighted by Crippen LogP contribution is 2.14. The van der Waals surface area contributed by atoms with Gasteiger partial charge in [-0.1, -0.05) is 23.7 Å². The van der Waals surface area contributed by atoms with Crippen LogP contribution in [-0.4, -0.2) is 27.2 Å². The van der Waals surface area contributed by atoms with Crippen molar-refractivity contribution in [2.75, 3.05) is 6.54 Å². The molecule has 2 rings (SSSR count). The molecule has 0 aliphatic rings. The van der Waals surface area contributed by atoms with Gasteiger partial charge in [-0.15, -0.1) is 0 Å². The molecule has 0 aliphatic heterocycles. The number of carbonyl (C=O) groups excluding carboxylic acids is 1. The minimum absolute atomic E-state index is 0.204. The molecule has 21 heavy (non-hydrogen) atoms. The summed E-state index contributed by atoms with van der Waals surface area (Å²) in [6.07, 6.45) is 0. The number of aryl methyl sites for hydroxylation is 1. The number of nitro groups is 1. The average Bonchev–Trinajstić information content (AvgIpc) is 2.81. The Balaban J connectivity index is 1.94. The Morgan fingerprint density at radius 3 is 2.81 bits per heavy atom. The predicted octanol–water partition coefficient (Wildman–Crippen LogP) is 2.18. The van der Waals surface area contributed by atoms with E-state index in [4.69, 9.17) is 11.6 Å². The summed E-state index contributed by atoms with van der Waals surface area (Å²) >= 11 is 5.93. The third-order valence-electron chi connectivity index (χ3n) is 2.88. The summed E-state index contributed by atoms with van der Waals surface area (Å²) in [4.78, 5) is 22.0. The maximum absolute atomic E-state index is 11.9. The van der Waals surface area contributed by atoms with Gasteiger partial charge in [0.25, 0.3) is 5.91 Å². The highest BCUT2D eigenvalue weighted by Gasteiger charge is 2.15. The van der Waals surface area contributed by atoms with Crippen molar-refractivity contribution in [2.24, 2.45) is 0 Å². The molecule has 1 heterocycles. The van der Waals surface area contributed by atoms with Crippen LogP contribution in [0.4, 0.5) is 5.82 Å². The van der Waals surface area contributed by atoms with Gasteiger partial charge in [0.2, 0.25) is 0 Å². The van der Waals surface area contributed by atoms with Gasteiger partial charge in [-0.3, -0.25) is 4.79 Å². The van der Waals surface area contributed by atoms with Crippen LogP contribution in [0.3, 0.4) is 0 Å². The Labute approximate surface area is 125 Å². The van der Waals surface area contributed by atoms with Crippen molar-refractivity contribution < 1.29 is 9.72 Å². The first kappa shape index (κ1) is 15.0. The highest BCUT2D eigenvalue weighted by molar-refractivity contribution is 6.33. The Hall–Kier alpha value is -2.41. The minimum atomic E-state index is -0.550. The van der Waals surface area contributed by atoms with Crippen LogP contribution in [0.1, 0.15) is 16.1 Å². The second-order valence-electron chi connectivity index (χ2n) is 4.36. The van der Waals surface area contributed by atoms with Crippen molar-refractivity contribution in [3.8, 4) is 0 Å². The van der Waals surface area contributed by atoms with Crippen LogP contribution >= 0.6 is 11.6 Å². The summed E-state index contributed by atoms with van der Waals surface area (Å²) in [5, 5.41) is 17.5. The Kier molecular flexibility index (Phi) is 4.54. The number of amides is 1. The lowest BCUT2D eigenvalue weighted by molar-refractivity contribution is -0.389.